The lowest BCUT2D eigenvalue weighted by molar-refractivity contribution is 0.278. The van der Waals surface area contributed by atoms with Gasteiger partial charge in [0.2, 0.25) is 0 Å². The number of anilines is 1. The molecule has 1 aliphatic heterocycles. The quantitative estimate of drug-likeness (QED) is 0.348. The second-order valence-electron chi connectivity index (χ2n) is 4.05. The minimum atomic E-state index is 0.225. The Balaban J connectivity index is 1.93. The van der Waals surface area contributed by atoms with Crippen LogP contribution in [0.5, 0.6) is 0 Å². The van der Waals surface area contributed by atoms with Crippen LogP contribution in [0, 0.1) is 0 Å². The SMILES string of the molecule is NC(CN1CCN(c2ncncc2Cl)CC1)=NO. The van der Waals surface area contributed by atoms with Crippen LogP contribution in [0.15, 0.2) is 17.7 Å². The Hall–Kier alpha value is -1.60. The molecule has 0 aliphatic carbocycles. The van der Waals surface area contributed by atoms with E-state index in [4.69, 9.17) is 22.5 Å². The van der Waals surface area contributed by atoms with Gasteiger partial charge in [-0.15, -0.1) is 0 Å². The molecule has 0 aromatic carbocycles. The molecule has 1 aromatic heterocycles. The molecule has 0 saturated carbocycles. The summed E-state index contributed by atoms with van der Waals surface area (Å²) in [5, 5.41) is 12.1. The van der Waals surface area contributed by atoms with E-state index in [0.29, 0.717) is 11.6 Å². The summed E-state index contributed by atoms with van der Waals surface area (Å²) >= 11 is 6.05. The van der Waals surface area contributed by atoms with Crippen molar-refractivity contribution in [3.63, 3.8) is 0 Å². The molecular formula is C10H15ClN6O. The van der Waals surface area contributed by atoms with Crippen LogP contribution >= 0.6 is 11.6 Å². The molecule has 98 valence electrons. The minimum absolute atomic E-state index is 0.225. The molecule has 1 aliphatic rings. The van der Waals surface area contributed by atoms with Gasteiger partial charge in [-0.25, -0.2) is 9.97 Å². The highest BCUT2D eigenvalue weighted by molar-refractivity contribution is 6.32. The van der Waals surface area contributed by atoms with Gasteiger partial charge in [0.1, 0.15) is 11.3 Å². The first kappa shape index (κ1) is 12.8. The Kier molecular flexibility index (Phi) is 4.16. The molecule has 1 saturated heterocycles. The number of rotatable bonds is 3. The van der Waals surface area contributed by atoms with Gasteiger partial charge in [0.15, 0.2) is 11.7 Å². The van der Waals surface area contributed by atoms with Crippen LogP contribution in [0.25, 0.3) is 0 Å². The van der Waals surface area contributed by atoms with Crippen LogP contribution in [0.2, 0.25) is 5.02 Å². The Morgan fingerprint density at radius 1 is 1.44 bits per heavy atom. The zero-order valence-corrected chi connectivity index (χ0v) is 10.6. The third-order valence-corrected chi connectivity index (χ3v) is 3.10. The smallest absolute Gasteiger partial charge is 0.153 e. The van der Waals surface area contributed by atoms with Gasteiger partial charge in [-0.05, 0) is 0 Å². The number of nitrogens with zero attached hydrogens (tertiary/aromatic N) is 5. The van der Waals surface area contributed by atoms with Gasteiger partial charge in [-0.3, -0.25) is 4.90 Å². The number of aromatic nitrogens is 2. The van der Waals surface area contributed by atoms with E-state index in [1.54, 1.807) is 6.20 Å². The molecule has 0 unspecified atom stereocenters. The zero-order chi connectivity index (χ0) is 13.0. The highest BCUT2D eigenvalue weighted by Gasteiger charge is 2.20. The van der Waals surface area contributed by atoms with Crippen molar-refractivity contribution in [2.24, 2.45) is 10.9 Å². The Morgan fingerprint density at radius 3 is 2.78 bits per heavy atom. The molecule has 2 heterocycles. The average Bonchev–Trinajstić information content (AvgIpc) is 2.40. The van der Waals surface area contributed by atoms with E-state index < -0.39 is 0 Å². The molecule has 0 radical (unpaired) electrons. The standard InChI is InChI=1S/C10H15ClN6O/c11-8-5-13-7-14-10(8)17-3-1-16(2-4-17)6-9(12)15-18/h5,7,18H,1-4,6H2,(H2,12,15). The van der Waals surface area contributed by atoms with E-state index in [0.717, 1.165) is 32.0 Å². The maximum atomic E-state index is 8.52. The van der Waals surface area contributed by atoms with Crippen LogP contribution in [-0.2, 0) is 0 Å². The van der Waals surface area contributed by atoms with Crippen LogP contribution in [-0.4, -0.2) is 58.6 Å². The summed E-state index contributed by atoms with van der Waals surface area (Å²) in [5.41, 5.74) is 5.48. The first-order chi connectivity index (χ1) is 8.70. The number of oxime groups is 1. The van der Waals surface area contributed by atoms with E-state index in [2.05, 4.69) is 24.9 Å². The molecule has 0 bridgehead atoms. The monoisotopic (exact) mass is 270 g/mol. The van der Waals surface area contributed by atoms with E-state index in [9.17, 15) is 0 Å². The molecule has 8 heteroatoms. The van der Waals surface area contributed by atoms with Gasteiger partial charge in [-0.2, -0.15) is 0 Å². The molecule has 0 amide bonds. The molecule has 0 atom stereocenters. The van der Waals surface area contributed by atoms with E-state index in [-0.39, 0.29) is 5.84 Å². The number of nitrogens with two attached hydrogens (primary N) is 1. The minimum Gasteiger partial charge on any atom is -0.409 e. The Bertz CT molecular complexity index is 432. The summed E-state index contributed by atoms with van der Waals surface area (Å²) in [7, 11) is 0. The summed E-state index contributed by atoms with van der Waals surface area (Å²) in [6.07, 6.45) is 3.08. The number of piperazine rings is 1. The summed E-state index contributed by atoms with van der Waals surface area (Å²) in [6.45, 7) is 3.71. The normalized spacial score (nSPS) is 18.1. The predicted molar refractivity (Wildman–Crippen MR) is 69.1 cm³/mol. The van der Waals surface area contributed by atoms with Gasteiger partial charge in [0.05, 0.1) is 12.7 Å². The van der Waals surface area contributed by atoms with Gasteiger partial charge in [-0.1, -0.05) is 16.8 Å². The predicted octanol–water partition coefficient (Wildman–Crippen LogP) is -0.00160. The highest BCUT2D eigenvalue weighted by Crippen LogP contribution is 2.22. The summed E-state index contributed by atoms with van der Waals surface area (Å²) in [5.74, 6) is 0.985. The van der Waals surface area contributed by atoms with Crippen molar-refractivity contribution in [3.05, 3.63) is 17.5 Å². The van der Waals surface area contributed by atoms with E-state index >= 15 is 0 Å². The Morgan fingerprint density at radius 2 is 2.17 bits per heavy atom. The first-order valence-electron chi connectivity index (χ1n) is 5.60. The lowest BCUT2D eigenvalue weighted by Gasteiger charge is -2.35. The maximum absolute atomic E-state index is 8.52. The summed E-state index contributed by atoms with van der Waals surface area (Å²) in [6, 6.07) is 0. The zero-order valence-electron chi connectivity index (χ0n) is 9.83. The second kappa shape index (κ2) is 5.83. The molecule has 7 nitrogen and oxygen atoms in total. The molecule has 18 heavy (non-hydrogen) atoms. The Labute approximate surface area is 110 Å². The second-order valence-corrected chi connectivity index (χ2v) is 4.46. The largest absolute Gasteiger partial charge is 0.409 e. The fourth-order valence-electron chi connectivity index (χ4n) is 1.92. The molecule has 3 N–H and O–H groups in total. The number of hydrogen-bond donors (Lipinski definition) is 2. The van der Waals surface area contributed by atoms with Crippen molar-refractivity contribution in [3.8, 4) is 0 Å². The van der Waals surface area contributed by atoms with E-state index in [1.807, 2.05) is 0 Å². The fraction of sp³-hybridized carbons (Fsp3) is 0.500. The first-order valence-corrected chi connectivity index (χ1v) is 5.97. The van der Waals surface area contributed by atoms with Crippen molar-refractivity contribution in [1.82, 2.24) is 14.9 Å². The van der Waals surface area contributed by atoms with Gasteiger partial charge in [0.25, 0.3) is 0 Å². The van der Waals surface area contributed by atoms with Crippen LogP contribution in [0.1, 0.15) is 0 Å². The highest BCUT2D eigenvalue weighted by atomic mass is 35.5. The van der Waals surface area contributed by atoms with Gasteiger partial charge < -0.3 is 15.8 Å². The van der Waals surface area contributed by atoms with Crippen molar-refractivity contribution in [2.75, 3.05) is 37.6 Å². The molecule has 1 aromatic rings. The third kappa shape index (κ3) is 2.99. The molecule has 2 rings (SSSR count). The molecular weight excluding hydrogens is 256 g/mol. The van der Waals surface area contributed by atoms with Crippen molar-refractivity contribution >= 4 is 23.3 Å². The lowest BCUT2D eigenvalue weighted by Crippen LogP contribution is -2.49. The van der Waals surface area contributed by atoms with Crippen LogP contribution in [0.3, 0.4) is 0 Å². The van der Waals surface area contributed by atoms with Crippen molar-refractivity contribution < 1.29 is 5.21 Å². The number of halogens is 1. The van der Waals surface area contributed by atoms with Gasteiger partial charge >= 0.3 is 0 Å². The molecule has 0 spiro atoms. The van der Waals surface area contributed by atoms with E-state index in [1.165, 1.54) is 6.33 Å². The van der Waals surface area contributed by atoms with Crippen LogP contribution < -0.4 is 10.6 Å². The van der Waals surface area contributed by atoms with Crippen molar-refractivity contribution in [2.45, 2.75) is 0 Å². The molecule has 1 fully saturated rings. The fourth-order valence-corrected chi connectivity index (χ4v) is 2.14. The summed E-state index contributed by atoms with van der Waals surface area (Å²) < 4.78 is 0. The van der Waals surface area contributed by atoms with Crippen molar-refractivity contribution in [1.29, 1.82) is 0 Å². The maximum Gasteiger partial charge on any atom is 0.153 e. The topological polar surface area (TPSA) is 90.9 Å². The third-order valence-electron chi connectivity index (χ3n) is 2.83. The average molecular weight is 271 g/mol. The number of hydrogen-bond acceptors (Lipinski definition) is 6. The lowest BCUT2D eigenvalue weighted by atomic mass is 10.3. The van der Waals surface area contributed by atoms with Gasteiger partial charge in [0, 0.05) is 26.2 Å². The van der Waals surface area contributed by atoms with Crippen LogP contribution in [0.4, 0.5) is 5.82 Å². The number of amidine groups is 1. The summed E-state index contributed by atoms with van der Waals surface area (Å²) in [4.78, 5) is 12.3.